The largest absolute Gasteiger partial charge is 0.441 e. The minimum Gasteiger partial charge on any atom is -0.441 e. The summed E-state index contributed by atoms with van der Waals surface area (Å²) in [7, 11) is 0. The van der Waals surface area contributed by atoms with Gasteiger partial charge in [0.15, 0.2) is 0 Å². The molecular formula is C20H24ClN3O3. The first-order valence-electron chi connectivity index (χ1n) is 9.14. The van der Waals surface area contributed by atoms with Crippen molar-refractivity contribution in [2.24, 2.45) is 5.73 Å². The maximum absolute atomic E-state index is 12.7. The lowest BCUT2D eigenvalue weighted by atomic mass is 9.99. The van der Waals surface area contributed by atoms with E-state index in [0.29, 0.717) is 18.1 Å². The highest BCUT2D eigenvalue weighted by atomic mass is 35.5. The van der Waals surface area contributed by atoms with E-state index >= 15 is 0 Å². The predicted molar refractivity (Wildman–Crippen MR) is 106 cm³/mol. The summed E-state index contributed by atoms with van der Waals surface area (Å²) in [6.45, 7) is 2.74. The molecule has 2 N–H and O–H groups in total. The highest BCUT2D eigenvalue weighted by Crippen LogP contribution is 2.22. The predicted octanol–water partition coefficient (Wildman–Crippen LogP) is 3.12. The third-order valence-electron chi connectivity index (χ3n) is 4.84. The summed E-state index contributed by atoms with van der Waals surface area (Å²) in [6, 6.07) is 7.70. The third kappa shape index (κ3) is 5.26. The van der Waals surface area contributed by atoms with Crippen molar-refractivity contribution in [1.29, 1.82) is 0 Å². The van der Waals surface area contributed by atoms with Gasteiger partial charge in [0, 0.05) is 36.9 Å². The van der Waals surface area contributed by atoms with Crippen LogP contribution in [0, 0.1) is 0 Å². The number of hydrogen-bond acceptors (Lipinski definition) is 4. The number of hydrogen-bond donors (Lipinski definition) is 1. The Hall–Kier alpha value is -2.47. The molecule has 0 saturated carbocycles. The van der Waals surface area contributed by atoms with Crippen molar-refractivity contribution >= 4 is 29.3 Å². The molecule has 27 heavy (non-hydrogen) atoms. The summed E-state index contributed by atoms with van der Waals surface area (Å²) >= 11 is 5.94. The lowest BCUT2D eigenvalue weighted by Crippen LogP contribution is -2.49. The monoisotopic (exact) mass is 389 g/mol. The zero-order valence-corrected chi connectivity index (χ0v) is 15.9. The summed E-state index contributed by atoms with van der Waals surface area (Å²) in [4.78, 5) is 28.0. The smallest absolute Gasteiger partial charge is 0.405 e. The number of piperazine rings is 1. The first-order valence-corrected chi connectivity index (χ1v) is 9.51. The second-order valence-electron chi connectivity index (χ2n) is 6.66. The summed E-state index contributed by atoms with van der Waals surface area (Å²) in [5, 5.41) is 0.708. The van der Waals surface area contributed by atoms with E-state index in [9.17, 15) is 9.59 Å². The number of carbonyl (C=O) groups excluding carboxylic acids is 2. The summed E-state index contributed by atoms with van der Waals surface area (Å²) in [5.41, 5.74) is 7.13. The highest BCUT2D eigenvalue weighted by molar-refractivity contribution is 6.30. The van der Waals surface area contributed by atoms with E-state index in [1.807, 2.05) is 47.4 Å². The molecule has 0 radical (unpaired) electrons. The number of nitrogens with two attached hydrogens (primary N) is 1. The van der Waals surface area contributed by atoms with E-state index in [-0.39, 0.29) is 12.3 Å². The van der Waals surface area contributed by atoms with E-state index in [2.05, 4.69) is 4.90 Å². The van der Waals surface area contributed by atoms with Crippen molar-refractivity contribution in [3.63, 3.8) is 0 Å². The number of amides is 2. The normalized spacial score (nSPS) is 18.0. The second-order valence-corrected chi connectivity index (χ2v) is 7.09. The third-order valence-corrected chi connectivity index (χ3v) is 5.09. The van der Waals surface area contributed by atoms with Gasteiger partial charge < -0.3 is 20.3 Å². The van der Waals surface area contributed by atoms with Crippen LogP contribution in [0.1, 0.15) is 19.3 Å². The summed E-state index contributed by atoms with van der Waals surface area (Å²) in [5.74, 6) is -0.0307. The molecule has 3 rings (SSSR count). The van der Waals surface area contributed by atoms with Crippen molar-refractivity contribution in [2.45, 2.75) is 25.4 Å². The minimum absolute atomic E-state index is 0.0307. The molecule has 1 fully saturated rings. The maximum Gasteiger partial charge on any atom is 0.405 e. The molecule has 7 heteroatoms. The number of primary amides is 1. The summed E-state index contributed by atoms with van der Waals surface area (Å²) in [6.07, 6.45) is 6.37. The van der Waals surface area contributed by atoms with Crippen LogP contribution in [0.5, 0.6) is 0 Å². The second kappa shape index (κ2) is 8.95. The van der Waals surface area contributed by atoms with Crippen LogP contribution in [0.4, 0.5) is 10.5 Å². The number of allylic oxidation sites excluding steroid dienone is 2. The van der Waals surface area contributed by atoms with Crippen LogP contribution in [-0.2, 0) is 9.53 Å². The SMILES string of the molecule is NC(=O)O[C@@H](CC(=O)N1CCN(c2ccc(Cl)cc2)CC1)C1=CCCC=C1. The molecule has 0 spiro atoms. The molecule has 6 nitrogen and oxygen atoms in total. The Kier molecular flexibility index (Phi) is 6.40. The van der Waals surface area contributed by atoms with E-state index in [1.165, 1.54) is 0 Å². The zero-order valence-electron chi connectivity index (χ0n) is 15.1. The van der Waals surface area contributed by atoms with Crippen molar-refractivity contribution in [3.05, 3.63) is 53.1 Å². The molecule has 0 aromatic heterocycles. The van der Waals surface area contributed by atoms with Crippen molar-refractivity contribution in [3.8, 4) is 0 Å². The number of nitrogens with zero attached hydrogens (tertiary/aromatic N) is 2. The van der Waals surface area contributed by atoms with Crippen LogP contribution in [0.25, 0.3) is 0 Å². The van der Waals surface area contributed by atoms with Crippen LogP contribution < -0.4 is 10.6 Å². The molecule has 1 atom stereocenters. The highest BCUT2D eigenvalue weighted by Gasteiger charge is 2.27. The Balaban J connectivity index is 1.57. The van der Waals surface area contributed by atoms with Gasteiger partial charge in [-0.3, -0.25) is 4.79 Å². The van der Waals surface area contributed by atoms with Crippen molar-refractivity contribution < 1.29 is 14.3 Å². The average molecular weight is 390 g/mol. The van der Waals surface area contributed by atoms with E-state index in [0.717, 1.165) is 37.2 Å². The van der Waals surface area contributed by atoms with Crippen LogP contribution in [-0.4, -0.2) is 49.2 Å². The molecule has 1 aliphatic carbocycles. The minimum atomic E-state index is -0.861. The Morgan fingerprint density at radius 1 is 1.11 bits per heavy atom. The average Bonchev–Trinajstić information content (AvgIpc) is 2.68. The fourth-order valence-electron chi connectivity index (χ4n) is 3.39. The lowest BCUT2D eigenvalue weighted by Gasteiger charge is -2.36. The van der Waals surface area contributed by atoms with Crippen molar-refractivity contribution in [1.82, 2.24) is 4.90 Å². The molecule has 2 amide bonds. The number of benzene rings is 1. The molecule has 0 bridgehead atoms. The van der Waals surface area contributed by atoms with Crippen LogP contribution in [0.3, 0.4) is 0 Å². The molecular weight excluding hydrogens is 366 g/mol. The van der Waals surface area contributed by atoms with E-state index in [4.69, 9.17) is 22.1 Å². The lowest BCUT2D eigenvalue weighted by molar-refractivity contribution is -0.133. The fraction of sp³-hybridized carbons (Fsp3) is 0.400. The van der Waals surface area contributed by atoms with Gasteiger partial charge in [-0.25, -0.2) is 4.79 Å². The number of rotatable bonds is 5. The first-order chi connectivity index (χ1) is 13.0. The van der Waals surface area contributed by atoms with Gasteiger partial charge in [0.1, 0.15) is 6.10 Å². The zero-order chi connectivity index (χ0) is 19.2. The number of halogens is 1. The number of carbonyl (C=O) groups is 2. The molecule has 1 aromatic rings. The van der Waals surface area contributed by atoms with Gasteiger partial charge in [-0.2, -0.15) is 0 Å². The van der Waals surface area contributed by atoms with E-state index < -0.39 is 12.2 Å². The maximum atomic E-state index is 12.7. The van der Waals surface area contributed by atoms with E-state index in [1.54, 1.807) is 0 Å². The van der Waals surface area contributed by atoms with Gasteiger partial charge in [0.25, 0.3) is 0 Å². The van der Waals surface area contributed by atoms with Gasteiger partial charge in [0.05, 0.1) is 6.42 Å². The van der Waals surface area contributed by atoms with Crippen LogP contribution in [0.2, 0.25) is 5.02 Å². The molecule has 1 aromatic carbocycles. The molecule has 0 unspecified atom stereocenters. The van der Waals surface area contributed by atoms with Gasteiger partial charge >= 0.3 is 6.09 Å². The molecule has 2 aliphatic rings. The fourth-order valence-corrected chi connectivity index (χ4v) is 3.52. The Morgan fingerprint density at radius 2 is 1.81 bits per heavy atom. The quantitative estimate of drug-likeness (QED) is 0.839. The van der Waals surface area contributed by atoms with Crippen molar-refractivity contribution in [2.75, 3.05) is 31.1 Å². The molecule has 144 valence electrons. The molecule has 1 aliphatic heterocycles. The molecule has 1 heterocycles. The van der Waals surface area contributed by atoms with Crippen LogP contribution >= 0.6 is 11.6 Å². The Bertz CT molecular complexity index is 737. The summed E-state index contributed by atoms with van der Waals surface area (Å²) < 4.78 is 5.20. The number of anilines is 1. The standard InChI is InChI=1S/C20H24ClN3O3/c21-16-6-8-17(9-7-16)23-10-12-24(13-11-23)19(25)14-18(27-20(22)26)15-4-2-1-3-5-15/h2,4-9,18H,1,3,10-14H2,(H2,22,26)/t18-/m0/s1. The number of ether oxygens (including phenoxy) is 1. The van der Waals surface area contributed by atoms with Gasteiger partial charge in [-0.1, -0.05) is 29.8 Å². The van der Waals surface area contributed by atoms with Crippen LogP contribution in [0.15, 0.2) is 48.1 Å². The van der Waals surface area contributed by atoms with Gasteiger partial charge in [-0.15, -0.1) is 0 Å². The van der Waals surface area contributed by atoms with Gasteiger partial charge in [0.2, 0.25) is 5.91 Å². The topological polar surface area (TPSA) is 75.9 Å². The first kappa shape index (κ1) is 19.3. The molecule has 1 saturated heterocycles. The Morgan fingerprint density at radius 3 is 2.41 bits per heavy atom. The Labute approximate surface area is 164 Å². The van der Waals surface area contributed by atoms with Gasteiger partial charge in [-0.05, 0) is 42.7 Å².